The number of hydrogen-bond donors (Lipinski definition) is 1. The minimum Gasteiger partial charge on any atom is -0.543 e. The number of carbonyl (C=O) groups excluding carboxylic acids is 1. The molecule has 1 amide bonds. The molecule has 0 fully saturated rings. The van der Waals surface area contributed by atoms with Crippen LogP contribution in [0.4, 0.5) is 0 Å². The van der Waals surface area contributed by atoms with Gasteiger partial charge in [-0.25, -0.2) is 0 Å². The summed E-state index contributed by atoms with van der Waals surface area (Å²) in [6.07, 6.45) is 3.90. The fourth-order valence-corrected chi connectivity index (χ4v) is 6.02. The van der Waals surface area contributed by atoms with Crippen molar-refractivity contribution in [3.63, 3.8) is 0 Å². The highest BCUT2D eigenvalue weighted by atomic mass is 35.5. The topological polar surface area (TPSA) is 41.6 Å². The van der Waals surface area contributed by atoms with Gasteiger partial charge >= 0.3 is 0 Å². The first-order valence-corrected chi connectivity index (χ1v) is 18.6. The quantitative estimate of drug-likeness (QED) is 0.156. The Morgan fingerprint density at radius 3 is 2.17 bits per heavy atom. The molecule has 1 N–H and O–H groups in total. The number of unbranched alkanes of at least 4 members (excludes halogenated alkanes) is 1. The molecule has 0 radical (unpaired) electrons. The van der Waals surface area contributed by atoms with Crippen LogP contribution in [0.15, 0.2) is 72.8 Å². The van der Waals surface area contributed by atoms with Crippen molar-refractivity contribution >= 4 is 25.8 Å². The summed E-state index contributed by atoms with van der Waals surface area (Å²) in [6.45, 7) is 19.7. The molecule has 0 aliphatic carbocycles. The van der Waals surface area contributed by atoms with Crippen LogP contribution in [0.5, 0.6) is 5.75 Å². The van der Waals surface area contributed by atoms with Gasteiger partial charge in [0.15, 0.2) is 0 Å². The number of nitrogens with one attached hydrogen (secondary N) is 1. The van der Waals surface area contributed by atoms with E-state index in [1.807, 2.05) is 35.2 Å². The molecule has 4 nitrogen and oxygen atoms in total. The average Bonchev–Trinajstić information content (AvgIpc) is 2.91. The van der Waals surface area contributed by atoms with Crippen LogP contribution in [0.2, 0.25) is 23.2 Å². The van der Waals surface area contributed by atoms with Gasteiger partial charge < -0.3 is 14.6 Å². The van der Waals surface area contributed by atoms with E-state index in [-0.39, 0.29) is 16.5 Å². The Kier molecular flexibility index (Phi) is 11.9. The number of benzene rings is 3. The summed E-state index contributed by atoms with van der Waals surface area (Å²) >= 11 is 6.63. The first kappa shape index (κ1) is 33.9. The molecule has 0 aliphatic heterocycles. The average molecular weight is 607 g/mol. The van der Waals surface area contributed by atoms with E-state index in [9.17, 15) is 4.79 Å². The van der Waals surface area contributed by atoms with Crippen LogP contribution in [0, 0.1) is 0 Å². The highest BCUT2D eigenvalue weighted by Crippen LogP contribution is 2.39. The molecule has 3 rings (SSSR count). The van der Waals surface area contributed by atoms with Gasteiger partial charge in [-0.15, -0.1) is 0 Å². The molecule has 3 aromatic rings. The zero-order valence-electron chi connectivity index (χ0n) is 27.0. The van der Waals surface area contributed by atoms with Gasteiger partial charge in [0.2, 0.25) is 0 Å². The van der Waals surface area contributed by atoms with Crippen molar-refractivity contribution in [2.75, 3.05) is 13.1 Å². The maximum absolute atomic E-state index is 13.8. The highest BCUT2D eigenvalue weighted by molar-refractivity contribution is 6.74. The van der Waals surface area contributed by atoms with E-state index in [0.29, 0.717) is 11.6 Å². The largest absolute Gasteiger partial charge is 0.543 e. The van der Waals surface area contributed by atoms with E-state index in [0.717, 1.165) is 61.2 Å². The second-order valence-electron chi connectivity index (χ2n) is 13.8. The van der Waals surface area contributed by atoms with Crippen LogP contribution in [0.25, 0.3) is 0 Å². The van der Waals surface area contributed by atoms with Gasteiger partial charge in [-0.2, -0.15) is 0 Å². The number of rotatable bonds is 13. The van der Waals surface area contributed by atoms with Gasteiger partial charge in [-0.1, -0.05) is 87.0 Å². The van der Waals surface area contributed by atoms with Gasteiger partial charge in [0.05, 0.1) is 5.02 Å². The predicted molar refractivity (Wildman–Crippen MR) is 181 cm³/mol. The van der Waals surface area contributed by atoms with Crippen molar-refractivity contribution in [3.8, 4) is 5.75 Å². The third kappa shape index (κ3) is 9.72. The predicted octanol–water partition coefficient (Wildman–Crippen LogP) is 9.32. The van der Waals surface area contributed by atoms with Crippen molar-refractivity contribution in [3.05, 3.63) is 100 Å². The first-order chi connectivity index (χ1) is 19.7. The van der Waals surface area contributed by atoms with Crippen molar-refractivity contribution in [2.45, 2.75) is 97.4 Å². The number of aryl methyl sites for hydroxylation is 1. The number of nitrogens with zero attached hydrogens (tertiary/aromatic N) is 1. The molecular weight excluding hydrogens is 556 g/mol. The molecule has 0 unspecified atom stereocenters. The molecule has 0 saturated carbocycles. The first-order valence-electron chi connectivity index (χ1n) is 15.3. The van der Waals surface area contributed by atoms with Gasteiger partial charge in [0.1, 0.15) is 5.75 Å². The van der Waals surface area contributed by atoms with E-state index < -0.39 is 8.32 Å². The minimum absolute atomic E-state index is 0.101. The lowest BCUT2D eigenvalue weighted by Gasteiger charge is -2.36. The Morgan fingerprint density at radius 1 is 0.857 bits per heavy atom. The molecular formula is C36H51ClN2O2Si. The maximum atomic E-state index is 13.8. The Balaban J connectivity index is 1.57. The second kappa shape index (κ2) is 14.7. The summed E-state index contributed by atoms with van der Waals surface area (Å²) in [6, 6.07) is 24.7. The minimum atomic E-state index is -1.95. The second-order valence-corrected chi connectivity index (χ2v) is 18.9. The fourth-order valence-electron chi connectivity index (χ4n) is 4.68. The lowest BCUT2D eigenvalue weighted by Crippen LogP contribution is -2.46. The van der Waals surface area contributed by atoms with Crippen LogP contribution in [0.3, 0.4) is 0 Å². The standard InChI is InChI=1S/C36H51ClN2O2Si/c1-35(2,3)39(25-15-14-18-28-16-10-9-11-17-28)34(40)31-20-13-12-19-30(31)27-38-24-23-29-21-22-33(32(37)26-29)41-42(7,8)36(4,5)6/h9-13,16-17,19-22,26,38H,14-15,18,23-25,27H2,1-8H3. The molecule has 6 heteroatoms. The number of amides is 1. The fraction of sp³-hybridized carbons (Fsp3) is 0.472. The van der Waals surface area contributed by atoms with E-state index in [1.165, 1.54) is 5.56 Å². The molecule has 228 valence electrons. The van der Waals surface area contributed by atoms with Gasteiger partial charge in [-0.05, 0) is 106 Å². The number of carbonyl (C=O) groups is 1. The molecule has 3 aromatic carbocycles. The summed E-state index contributed by atoms with van der Waals surface area (Å²) in [5, 5.41) is 4.33. The van der Waals surface area contributed by atoms with Crippen LogP contribution in [-0.2, 0) is 19.4 Å². The van der Waals surface area contributed by atoms with Crippen molar-refractivity contribution in [1.82, 2.24) is 10.2 Å². The van der Waals surface area contributed by atoms with E-state index in [1.54, 1.807) is 0 Å². The number of halogens is 1. The monoisotopic (exact) mass is 606 g/mol. The summed E-state index contributed by atoms with van der Waals surface area (Å²) in [4.78, 5) is 15.9. The van der Waals surface area contributed by atoms with Crippen LogP contribution >= 0.6 is 11.6 Å². The lowest BCUT2D eigenvalue weighted by atomic mass is 9.99. The molecule has 0 atom stereocenters. The molecule has 0 heterocycles. The smallest absolute Gasteiger partial charge is 0.254 e. The van der Waals surface area contributed by atoms with Crippen LogP contribution in [-0.4, -0.2) is 37.8 Å². The third-order valence-electron chi connectivity index (χ3n) is 8.32. The van der Waals surface area contributed by atoms with E-state index >= 15 is 0 Å². The van der Waals surface area contributed by atoms with Crippen molar-refractivity contribution < 1.29 is 9.22 Å². The van der Waals surface area contributed by atoms with Gasteiger partial charge in [0, 0.05) is 24.2 Å². The summed E-state index contributed by atoms with van der Waals surface area (Å²) in [5.41, 5.74) is 4.05. The highest BCUT2D eigenvalue weighted by Gasteiger charge is 2.39. The maximum Gasteiger partial charge on any atom is 0.254 e. The molecule has 0 saturated heterocycles. The summed E-state index contributed by atoms with van der Waals surface area (Å²) in [5.74, 6) is 0.875. The zero-order valence-corrected chi connectivity index (χ0v) is 28.8. The summed E-state index contributed by atoms with van der Waals surface area (Å²) in [7, 11) is -1.95. The molecule has 0 spiro atoms. The van der Waals surface area contributed by atoms with Crippen LogP contribution < -0.4 is 9.74 Å². The Bertz CT molecular complexity index is 1300. The third-order valence-corrected chi connectivity index (χ3v) is 13.0. The molecule has 0 aromatic heterocycles. The molecule has 0 bridgehead atoms. The van der Waals surface area contributed by atoms with Crippen molar-refractivity contribution in [1.29, 1.82) is 0 Å². The zero-order chi connectivity index (χ0) is 31.0. The molecule has 0 aliphatic rings. The van der Waals surface area contributed by atoms with Gasteiger partial charge in [-0.3, -0.25) is 4.79 Å². The Labute approximate surface area is 261 Å². The summed E-state index contributed by atoms with van der Waals surface area (Å²) < 4.78 is 6.42. The van der Waals surface area contributed by atoms with Crippen molar-refractivity contribution in [2.24, 2.45) is 0 Å². The Hall–Kier alpha value is -2.60. The normalized spacial score (nSPS) is 12.3. The lowest BCUT2D eigenvalue weighted by molar-refractivity contribution is 0.0576. The Morgan fingerprint density at radius 2 is 1.52 bits per heavy atom. The van der Waals surface area contributed by atoms with E-state index in [4.69, 9.17) is 16.0 Å². The number of hydrogen-bond acceptors (Lipinski definition) is 3. The SMILES string of the molecule is CC(C)(C)N(CCCCc1ccccc1)C(=O)c1ccccc1CNCCc1ccc(O[Si](C)(C)C(C)(C)C)c(Cl)c1. The molecule has 42 heavy (non-hydrogen) atoms. The van der Waals surface area contributed by atoms with Crippen LogP contribution in [0.1, 0.15) is 81.4 Å². The van der Waals surface area contributed by atoms with Gasteiger partial charge in [0.25, 0.3) is 14.2 Å². The van der Waals surface area contributed by atoms with E-state index in [2.05, 4.69) is 102 Å².